The molecular formula is C16H17F2NO5S. The van der Waals surface area contributed by atoms with E-state index in [2.05, 4.69) is 4.72 Å². The summed E-state index contributed by atoms with van der Waals surface area (Å²) < 4.78 is 68.9. The van der Waals surface area contributed by atoms with Gasteiger partial charge in [0.15, 0.2) is 11.5 Å². The predicted molar refractivity (Wildman–Crippen MR) is 88.7 cm³/mol. The minimum Gasteiger partial charge on any atom is -0.493 e. The molecule has 2 aromatic rings. The summed E-state index contributed by atoms with van der Waals surface area (Å²) in [7, 11) is 0.246. The third kappa shape index (κ3) is 4.50. The Morgan fingerprint density at radius 3 is 2.04 bits per heavy atom. The van der Waals surface area contributed by atoms with E-state index < -0.39 is 27.4 Å². The van der Waals surface area contributed by atoms with Crippen LogP contribution < -0.4 is 18.9 Å². The van der Waals surface area contributed by atoms with Crippen molar-refractivity contribution >= 4 is 15.7 Å². The summed E-state index contributed by atoms with van der Waals surface area (Å²) in [5.41, 5.74) is -0.00152. The smallest absolute Gasteiger partial charge is 0.237 e. The summed E-state index contributed by atoms with van der Waals surface area (Å²) in [5, 5.41) is 0. The predicted octanol–water partition coefficient (Wildman–Crippen LogP) is 2.93. The Labute approximate surface area is 144 Å². The van der Waals surface area contributed by atoms with Crippen LogP contribution in [0.4, 0.5) is 14.5 Å². The summed E-state index contributed by atoms with van der Waals surface area (Å²) in [5.74, 6) is -1.56. The Kier molecular flexibility index (Phi) is 5.68. The molecule has 6 nitrogen and oxygen atoms in total. The minimum atomic E-state index is -3.96. The molecule has 0 heterocycles. The fraction of sp³-hybridized carbons (Fsp3) is 0.250. The number of ether oxygens (including phenoxy) is 3. The summed E-state index contributed by atoms with van der Waals surface area (Å²) >= 11 is 0. The van der Waals surface area contributed by atoms with Crippen molar-refractivity contribution in [2.24, 2.45) is 0 Å². The van der Waals surface area contributed by atoms with Crippen LogP contribution in [0.15, 0.2) is 30.3 Å². The van der Waals surface area contributed by atoms with Gasteiger partial charge in [0.25, 0.3) is 0 Å². The lowest BCUT2D eigenvalue weighted by atomic mass is 10.2. The zero-order chi connectivity index (χ0) is 18.6. The molecule has 0 spiro atoms. The number of anilines is 1. The highest BCUT2D eigenvalue weighted by atomic mass is 32.2. The molecule has 0 fully saturated rings. The number of benzene rings is 2. The fourth-order valence-electron chi connectivity index (χ4n) is 2.20. The molecule has 0 unspecified atom stereocenters. The summed E-state index contributed by atoms with van der Waals surface area (Å²) in [6, 6.07) is 5.51. The first-order valence-corrected chi connectivity index (χ1v) is 8.69. The highest BCUT2D eigenvalue weighted by Gasteiger charge is 2.19. The van der Waals surface area contributed by atoms with Crippen LogP contribution in [-0.2, 0) is 15.8 Å². The number of nitrogens with one attached hydrogen (secondary N) is 1. The second-order valence-electron chi connectivity index (χ2n) is 5.01. The number of hydrogen-bond acceptors (Lipinski definition) is 5. The van der Waals surface area contributed by atoms with E-state index in [0.717, 1.165) is 12.1 Å². The van der Waals surface area contributed by atoms with Crippen molar-refractivity contribution in [1.82, 2.24) is 0 Å². The SMILES string of the molecule is COc1cc(NS(=O)(=O)Cc2ccc(F)cc2F)cc(OC)c1OC. The van der Waals surface area contributed by atoms with E-state index in [1.807, 2.05) is 0 Å². The van der Waals surface area contributed by atoms with Crippen LogP contribution in [0.2, 0.25) is 0 Å². The van der Waals surface area contributed by atoms with E-state index in [1.165, 1.54) is 33.5 Å². The Morgan fingerprint density at radius 2 is 1.56 bits per heavy atom. The van der Waals surface area contributed by atoms with Gasteiger partial charge in [-0.05, 0) is 6.07 Å². The second kappa shape index (κ2) is 7.56. The van der Waals surface area contributed by atoms with Gasteiger partial charge in [-0.1, -0.05) is 6.07 Å². The summed E-state index contributed by atoms with van der Waals surface area (Å²) in [4.78, 5) is 0. The third-order valence-electron chi connectivity index (χ3n) is 3.30. The number of hydrogen-bond donors (Lipinski definition) is 1. The van der Waals surface area contributed by atoms with Gasteiger partial charge in [-0.3, -0.25) is 4.72 Å². The average molecular weight is 373 g/mol. The standard InChI is InChI=1S/C16H17F2NO5S/c1-22-14-7-12(8-15(23-2)16(14)24-3)19-25(20,21)9-10-4-5-11(17)6-13(10)18/h4-8,19H,9H2,1-3H3. The molecule has 9 heteroatoms. The van der Waals surface area contributed by atoms with E-state index >= 15 is 0 Å². The molecule has 136 valence electrons. The lowest BCUT2D eigenvalue weighted by molar-refractivity contribution is 0.324. The van der Waals surface area contributed by atoms with Gasteiger partial charge >= 0.3 is 0 Å². The van der Waals surface area contributed by atoms with Gasteiger partial charge in [-0.15, -0.1) is 0 Å². The molecule has 1 N–H and O–H groups in total. The van der Waals surface area contributed by atoms with Crippen molar-refractivity contribution in [3.8, 4) is 17.2 Å². The van der Waals surface area contributed by atoms with Crippen molar-refractivity contribution < 1.29 is 31.4 Å². The van der Waals surface area contributed by atoms with Crippen LogP contribution in [0.5, 0.6) is 17.2 Å². The minimum absolute atomic E-state index is 0.150. The topological polar surface area (TPSA) is 73.9 Å². The lowest BCUT2D eigenvalue weighted by Gasteiger charge is -2.15. The van der Waals surface area contributed by atoms with Crippen LogP contribution in [0.25, 0.3) is 0 Å². The number of halogens is 2. The first-order valence-electron chi connectivity index (χ1n) is 7.04. The Balaban J connectivity index is 2.31. The highest BCUT2D eigenvalue weighted by Crippen LogP contribution is 2.40. The first kappa shape index (κ1) is 18.8. The second-order valence-corrected chi connectivity index (χ2v) is 6.73. The average Bonchev–Trinajstić information content (AvgIpc) is 2.56. The summed E-state index contributed by atoms with van der Waals surface area (Å²) in [6.45, 7) is 0. The number of methoxy groups -OCH3 is 3. The molecule has 0 aliphatic rings. The molecule has 0 radical (unpaired) electrons. The highest BCUT2D eigenvalue weighted by molar-refractivity contribution is 7.91. The fourth-order valence-corrected chi connectivity index (χ4v) is 3.39. The maximum atomic E-state index is 13.7. The zero-order valence-corrected chi connectivity index (χ0v) is 14.6. The van der Waals surface area contributed by atoms with Crippen LogP contribution >= 0.6 is 0 Å². The number of rotatable bonds is 7. The van der Waals surface area contributed by atoms with Gasteiger partial charge in [0.2, 0.25) is 15.8 Å². The van der Waals surface area contributed by atoms with Gasteiger partial charge in [0, 0.05) is 23.8 Å². The summed E-state index contributed by atoms with van der Waals surface area (Å²) in [6.07, 6.45) is 0. The molecule has 2 aromatic carbocycles. The molecule has 0 aliphatic carbocycles. The molecule has 0 atom stereocenters. The Morgan fingerprint density at radius 1 is 0.960 bits per heavy atom. The Hall–Kier alpha value is -2.55. The monoisotopic (exact) mass is 373 g/mol. The molecule has 2 rings (SSSR count). The van der Waals surface area contributed by atoms with Crippen molar-refractivity contribution in [2.45, 2.75) is 5.75 Å². The maximum absolute atomic E-state index is 13.7. The third-order valence-corrected chi connectivity index (χ3v) is 4.54. The normalized spacial score (nSPS) is 11.1. The molecular weight excluding hydrogens is 356 g/mol. The van der Waals surface area contributed by atoms with Crippen molar-refractivity contribution in [2.75, 3.05) is 26.1 Å². The van der Waals surface area contributed by atoms with Gasteiger partial charge in [-0.2, -0.15) is 0 Å². The molecule has 0 bridgehead atoms. The van der Waals surface area contributed by atoms with E-state index in [-0.39, 0.29) is 22.7 Å². The molecule has 0 aliphatic heterocycles. The van der Waals surface area contributed by atoms with Gasteiger partial charge < -0.3 is 14.2 Å². The van der Waals surface area contributed by atoms with Crippen LogP contribution in [0.1, 0.15) is 5.56 Å². The largest absolute Gasteiger partial charge is 0.493 e. The first-order chi connectivity index (χ1) is 11.8. The van der Waals surface area contributed by atoms with E-state index in [0.29, 0.717) is 11.8 Å². The van der Waals surface area contributed by atoms with Gasteiger partial charge in [0.05, 0.1) is 32.8 Å². The molecule has 0 amide bonds. The zero-order valence-electron chi connectivity index (χ0n) is 13.8. The number of sulfonamides is 1. The van der Waals surface area contributed by atoms with Crippen molar-refractivity contribution in [1.29, 1.82) is 0 Å². The van der Waals surface area contributed by atoms with Crippen LogP contribution in [-0.4, -0.2) is 29.7 Å². The molecule has 0 saturated heterocycles. The molecule has 25 heavy (non-hydrogen) atoms. The van der Waals surface area contributed by atoms with E-state index in [1.54, 1.807) is 0 Å². The quantitative estimate of drug-likeness (QED) is 0.808. The van der Waals surface area contributed by atoms with Gasteiger partial charge in [-0.25, -0.2) is 17.2 Å². The maximum Gasteiger partial charge on any atom is 0.237 e. The van der Waals surface area contributed by atoms with Crippen LogP contribution in [0, 0.1) is 11.6 Å². The lowest BCUT2D eigenvalue weighted by Crippen LogP contribution is -2.16. The van der Waals surface area contributed by atoms with Crippen molar-refractivity contribution in [3.63, 3.8) is 0 Å². The Bertz CT molecular complexity index is 846. The van der Waals surface area contributed by atoms with E-state index in [4.69, 9.17) is 14.2 Å². The van der Waals surface area contributed by atoms with Crippen molar-refractivity contribution in [3.05, 3.63) is 47.5 Å². The van der Waals surface area contributed by atoms with Crippen LogP contribution in [0.3, 0.4) is 0 Å². The molecule has 0 saturated carbocycles. The van der Waals surface area contributed by atoms with Gasteiger partial charge in [0.1, 0.15) is 11.6 Å². The van der Waals surface area contributed by atoms with E-state index in [9.17, 15) is 17.2 Å². The molecule has 0 aromatic heterocycles.